The zero-order valence-corrected chi connectivity index (χ0v) is 17.6. The van der Waals surface area contributed by atoms with Crippen molar-refractivity contribution in [3.63, 3.8) is 0 Å². The first-order valence-corrected chi connectivity index (χ1v) is 9.97. The summed E-state index contributed by atoms with van der Waals surface area (Å²) >= 11 is 6.26. The molecule has 5 nitrogen and oxygen atoms in total. The van der Waals surface area contributed by atoms with Crippen molar-refractivity contribution in [2.45, 2.75) is 51.4 Å². The molecule has 2 aromatic rings. The van der Waals surface area contributed by atoms with Crippen LogP contribution in [-0.2, 0) is 5.41 Å². The Bertz CT molecular complexity index is 810. The highest BCUT2D eigenvalue weighted by Gasteiger charge is 2.32. The van der Waals surface area contributed by atoms with E-state index in [0.29, 0.717) is 17.9 Å². The average molecular weight is 426 g/mol. The van der Waals surface area contributed by atoms with Gasteiger partial charge in [-0.25, -0.2) is 18.7 Å². The average Bonchev–Trinajstić information content (AvgIpc) is 2.72. The number of nitrogens with zero attached hydrogens (tertiary/aromatic N) is 2. The Morgan fingerprint density at radius 1 is 1.21 bits per heavy atom. The summed E-state index contributed by atoms with van der Waals surface area (Å²) in [4.78, 5) is 20.4. The summed E-state index contributed by atoms with van der Waals surface area (Å²) in [6.07, 6.45) is 3.40. The number of rotatable bonds is 10. The molecule has 158 valence electrons. The quantitative estimate of drug-likeness (QED) is 0.557. The molecular weight excluding hydrogens is 400 g/mol. The number of carbonyl (C=O) groups excluding carboxylic acids is 1. The highest BCUT2D eigenvalue weighted by molar-refractivity contribution is 6.35. The predicted octanol–water partition coefficient (Wildman–Crippen LogP) is 5.34. The number of carbonyl (C=O) groups is 1. The lowest BCUT2D eigenvalue weighted by Crippen LogP contribution is -2.41. The summed E-state index contributed by atoms with van der Waals surface area (Å²) in [5.41, 5.74) is 0.602. The van der Waals surface area contributed by atoms with Gasteiger partial charge in [-0.2, -0.15) is 0 Å². The molecule has 0 saturated heterocycles. The number of hydrogen-bond donors (Lipinski definition) is 1. The molecule has 0 spiro atoms. The van der Waals surface area contributed by atoms with Crippen LogP contribution < -0.4 is 10.1 Å². The van der Waals surface area contributed by atoms with E-state index in [1.54, 1.807) is 18.2 Å². The summed E-state index contributed by atoms with van der Waals surface area (Å²) in [6.45, 7) is 4.40. The molecule has 2 rings (SSSR count). The van der Waals surface area contributed by atoms with Crippen molar-refractivity contribution < 1.29 is 18.3 Å². The molecule has 29 heavy (non-hydrogen) atoms. The second kappa shape index (κ2) is 10.5. The maximum atomic E-state index is 12.8. The van der Waals surface area contributed by atoms with E-state index in [1.807, 2.05) is 13.8 Å². The van der Waals surface area contributed by atoms with Crippen LogP contribution in [0.4, 0.5) is 8.78 Å². The van der Waals surface area contributed by atoms with Gasteiger partial charge in [-0.3, -0.25) is 4.79 Å². The Hall–Kier alpha value is -2.28. The number of aromatic nitrogens is 2. The van der Waals surface area contributed by atoms with E-state index in [-0.39, 0.29) is 10.9 Å². The molecule has 0 atom stereocenters. The molecule has 0 aliphatic rings. The molecule has 1 aromatic carbocycles. The van der Waals surface area contributed by atoms with Gasteiger partial charge in [-0.05, 0) is 30.5 Å². The molecule has 0 aliphatic heterocycles. The fraction of sp³-hybridized carbons (Fsp3) is 0.476. The number of alkyl halides is 2. The number of hydrogen-bond acceptors (Lipinski definition) is 4. The highest BCUT2D eigenvalue weighted by atomic mass is 35.5. The maximum absolute atomic E-state index is 12.8. The molecular formula is C21H26ClF2N3O2. The van der Waals surface area contributed by atoms with Crippen molar-refractivity contribution in [2.75, 3.05) is 13.7 Å². The van der Waals surface area contributed by atoms with Gasteiger partial charge in [-0.1, -0.05) is 44.4 Å². The molecule has 1 N–H and O–H groups in total. The summed E-state index contributed by atoms with van der Waals surface area (Å²) < 4.78 is 30.8. The van der Waals surface area contributed by atoms with Crippen LogP contribution in [0.5, 0.6) is 5.75 Å². The molecule has 0 radical (unpaired) electrons. The topological polar surface area (TPSA) is 64.1 Å². The number of nitrogens with one attached hydrogen (secondary N) is 1. The molecule has 0 fully saturated rings. The molecule has 1 amide bonds. The van der Waals surface area contributed by atoms with E-state index in [4.69, 9.17) is 16.3 Å². The van der Waals surface area contributed by atoms with Crippen molar-refractivity contribution in [1.29, 1.82) is 0 Å². The summed E-state index contributed by atoms with van der Waals surface area (Å²) in [5, 5.41) is 3.20. The van der Waals surface area contributed by atoms with Crippen LogP contribution in [0.25, 0.3) is 0 Å². The van der Waals surface area contributed by atoms with Gasteiger partial charge in [-0.15, -0.1) is 0 Å². The number of benzene rings is 1. The molecule has 1 heterocycles. The second-order valence-electron chi connectivity index (χ2n) is 6.92. The third-order valence-corrected chi connectivity index (χ3v) is 5.34. The molecule has 0 bridgehead atoms. The van der Waals surface area contributed by atoms with E-state index < -0.39 is 17.7 Å². The number of halogens is 3. The summed E-state index contributed by atoms with van der Waals surface area (Å²) in [7, 11) is 1.49. The summed E-state index contributed by atoms with van der Waals surface area (Å²) in [5.74, 6) is -0.401. The van der Waals surface area contributed by atoms with Gasteiger partial charge in [0.25, 0.3) is 12.3 Å². The maximum Gasteiger partial charge on any atom is 0.297 e. The van der Waals surface area contributed by atoms with Crippen LogP contribution in [0.1, 0.15) is 67.7 Å². The molecule has 0 aliphatic carbocycles. The molecule has 0 unspecified atom stereocenters. The minimum Gasteiger partial charge on any atom is -0.495 e. The van der Waals surface area contributed by atoms with Gasteiger partial charge in [0.2, 0.25) is 0 Å². The lowest BCUT2D eigenvalue weighted by Gasteiger charge is -2.34. The van der Waals surface area contributed by atoms with Gasteiger partial charge >= 0.3 is 0 Å². The Morgan fingerprint density at radius 2 is 1.83 bits per heavy atom. The Morgan fingerprint density at radius 3 is 2.34 bits per heavy atom. The van der Waals surface area contributed by atoms with Gasteiger partial charge in [0.15, 0.2) is 5.82 Å². The third-order valence-electron chi connectivity index (χ3n) is 4.95. The number of ether oxygens (including phenoxy) is 1. The Labute approximate surface area is 174 Å². The van der Waals surface area contributed by atoms with Crippen LogP contribution in [0.3, 0.4) is 0 Å². The smallest absolute Gasteiger partial charge is 0.297 e. The SMILES string of the molecule is CCCC(CCC)(CNC(=O)c1cccc(OC)c1Cl)c1cnc(C(F)F)nc1. The standard InChI is InChI=1S/C21H26ClF2N3O2/c1-4-9-21(10-5-2,14-11-25-19(18(23)24)26-12-14)13-27-20(28)15-7-6-8-16(29-3)17(15)22/h6-8,11-12,18H,4-5,9-10,13H2,1-3H3,(H,27,28). The van der Waals surface area contributed by atoms with Crippen molar-refractivity contribution >= 4 is 17.5 Å². The number of amides is 1. The van der Waals surface area contributed by atoms with Crippen LogP contribution in [0, 0.1) is 0 Å². The van der Waals surface area contributed by atoms with Gasteiger partial charge < -0.3 is 10.1 Å². The van der Waals surface area contributed by atoms with Crippen LogP contribution in [-0.4, -0.2) is 29.5 Å². The zero-order valence-electron chi connectivity index (χ0n) is 16.8. The van der Waals surface area contributed by atoms with E-state index in [9.17, 15) is 13.6 Å². The van der Waals surface area contributed by atoms with Crippen molar-refractivity contribution in [1.82, 2.24) is 15.3 Å². The summed E-state index contributed by atoms with van der Waals surface area (Å²) in [6, 6.07) is 5.00. The first kappa shape index (κ1) is 23.0. The van der Waals surface area contributed by atoms with Gasteiger partial charge in [0.1, 0.15) is 5.75 Å². The molecule has 8 heteroatoms. The van der Waals surface area contributed by atoms with E-state index >= 15 is 0 Å². The normalized spacial score (nSPS) is 11.6. The first-order valence-electron chi connectivity index (χ1n) is 9.59. The van der Waals surface area contributed by atoms with Crippen LogP contribution in [0.2, 0.25) is 5.02 Å². The Kier molecular flexibility index (Phi) is 8.32. The zero-order chi connectivity index (χ0) is 21.4. The minimum absolute atomic E-state index is 0.244. The second-order valence-corrected chi connectivity index (χ2v) is 7.29. The van der Waals surface area contributed by atoms with Crippen LogP contribution >= 0.6 is 11.6 Å². The fourth-order valence-corrected chi connectivity index (χ4v) is 3.85. The van der Waals surface area contributed by atoms with E-state index in [2.05, 4.69) is 15.3 Å². The molecule has 0 saturated carbocycles. The van der Waals surface area contributed by atoms with Crippen molar-refractivity contribution in [2.24, 2.45) is 0 Å². The van der Waals surface area contributed by atoms with E-state index in [0.717, 1.165) is 31.2 Å². The van der Waals surface area contributed by atoms with E-state index in [1.165, 1.54) is 19.5 Å². The van der Waals surface area contributed by atoms with Crippen molar-refractivity contribution in [3.8, 4) is 5.75 Å². The monoisotopic (exact) mass is 425 g/mol. The van der Waals surface area contributed by atoms with Crippen LogP contribution in [0.15, 0.2) is 30.6 Å². The van der Waals surface area contributed by atoms with Crippen molar-refractivity contribution in [3.05, 3.63) is 52.6 Å². The fourth-order valence-electron chi connectivity index (χ4n) is 3.56. The Balaban J connectivity index is 2.29. The van der Waals surface area contributed by atoms with Gasteiger partial charge in [0, 0.05) is 24.4 Å². The highest BCUT2D eigenvalue weighted by Crippen LogP contribution is 2.34. The number of methoxy groups -OCH3 is 1. The van der Waals surface area contributed by atoms with Gasteiger partial charge in [0.05, 0.1) is 17.7 Å². The predicted molar refractivity (Wildman–Crippen MR) is 109 cm³/mol. The molecule has 1 aromatic heterocycles. The first-order chi connectivity index (χ1) is 13.9. The third kappa shape index (κ3) is 5.41. The minimum atomic E-state index is -2.72. The largest absolute Gasteiger partial charge is 0.495 e. The lowest BCUT2D eigenvalue weighted by atomic mass is 9.74. The lowest BCUT2D eigenvalue weighted by molar-refractivity contribution is 0.0939.